The van der Waals surface area contributed by atoms with Gasteiger partial charge < -0.3 is 29.1 Å². The number of hydrogen-bond acceptors (Lipinski definition) is 9. The maximum atomic E-state index is 14.6. The summed E-state index contributed by atoms with van der Waals surface area (Å²) in [6.07, 6.45) is 7.98. The minimum Gasteiger partial charge on any atom is -0.497 e. The molecule has 2 bridgehead atoms. The number of thioether (sulfide) groups is 1. The first-order valence-corrected chi connectivity index (χ1v) is 21.7. The summed E-state index contributed by atoms with van der Waals surface area (Å²) in [4.78, 5) is 82.0. The summed E-state index contributed by atoms with van der Waals surface area (Å²) < 4.78 is 11.6. The number of hydrogen-bond donors (Lipinski definition) is 0. The van der Waals surface area contributed by atoms with E-state index in [1.54, 1.807) is 51.8 Å². The monoisotopic (exact) mass is 809 g/mol. The third kappa shape index (κ3) is 11.6. The van der Waals surface area contributed by atoms with Crippen molar-refractivity contribution in [2.45, 2.75) is 136 Å². The Morgan fingerprint density at radius 1 is 0.947 bits per heavy atom. The van der Waals surface area contributed by atoms with Gasteiger partial charge in [0, 0.05) is 46.3 Å². The van der Waals surface area contributed by atoms with Crippen molar-refractivity contribution in [1.82, 2.24) is 19.6 Å². The van der Waals surface area contributed by atoms with Gasteiger partial charge >= 0.3 is 5.97 Å². The first-order chi connectivity index (χ1) is 26.9. The average Bonchev–Trinajstić information content (AvgIpc) is 3.87. The molecule has 57 heavy (non-hydrogen) atoms. The van der Waals surface area contributed by atoms with Crippen LogP contribution in [0.4, 0.5) is 0 Å². The summed E-state index contributed by atoms with van der Waals surface area (Å²) in [5.74, 6) is -0.251. The number of allylic oxidation sites excluding steroid dienone is 1. The molecule has 13 heteroatoms. The van der Waals surface area contributed by atoms with E-state index in [2.05, 4.69) is 33.8 Å². The average molecular weight is 810 g/mol. The lowest BCUT2D eigenvalue weighted by Gasteiger charge is -2.39. The van der Waals surface area contributed by atoms with Crippen LogP contribution >= 0.6 is 11.8 Å². The zero-order valence-electron chi connectivity index (χ0n) is 36.2. The fourth-order valence-electron chi connectivity index (χ4n) is 7.83. The number of methoxy groups -OCH3 is 1. The summed E-state index contributed by atoms with van der Waals surface area (Å²) in [5.41, 5.74) is 0.508. The van der Waals surface area contributed by atoms with E-state index in [1.807, 2.05) is 44.2 Å². The number of aliphatic imine (C=N–C) groups is 1. The van der Waals surface area contributed by atoms with Gasteiger partial charge in [-0.3, -0.25) is 24.2 Å². The van der Waals surface area contributed by atoms with E-state index in [9.17, 15) is 24.0 Å². The minimum atomic E-state index is -0.955. The summed E-state index contributed by atoms with van der Waals surface area (Å²) in [5, 5.41) is 0.928. The highest BCUT2D eigenvalue weighted by atomic mass is 32.2. The van der Waals surface area contributed by atoms with Crippen molar-refractivity contribution in [2.75, 3.05) is 40.6 Å². The number of benzene rings is 1. The molecule has 316 valence electrons. The van der Waals surface area contributed by atoms with Crippen LogP contribution in [0, 0.1) is 17.3 Å². The maximum Gasteiger partial charge on any atom is 0.329 e. The molecular weight excluding hydrogens is 743 g/mol. The van der Waals surface area contributed by atoms with Crippen LogP contribution in [-0.2, 0) is 35.1 Å². The first-order valence-electron chi connectivity index (χ1n) is 20.7. The molecule has 0 unspecified atom stereocenters. The Bertz CT molecular complexity index is 1640. The fraction of sp³-hybridized carbons (Fsp3) is 0.682. The van der Waals surface area contributed by atoms with Crippen molar-refractivity contribution >= 4 is 46.4 Å². The molecule has 3 heterocycles. The molecule has 1 aromatic rings. The molecule has 0 radical (unpaired) electrons. The van der Waals surface area contributed by atoms with Crippen LogP contribution in [-0.4, -0.2) is 131 Å². The number of rotatable bonds is 5. The smallest absolute Gasteiger partial charge is 0.329 e. The molecule has 4 amide bonds. The topological polar surface area (TPSA) is 129 Å². The zero-order chi connectivity index (χ0) is 42.2. The number of carbonyl (C=O) groups is 5. The summed E-state index contributed by atoms with van der Waals surface area (Å²) in [7, 11) is 6.41. The van der Waals surface area contributed by atoms with Crippen molar-refractivity contribution in [3.05, 3.63) is 42.0 Å². The molecule has 8 atom stereocenters. The van der Waals surface area contributed by atoms with Gasteiger partial charge in [0.1, 0.15) is 36.0 Å². The number of carbonyl (C=O) groups excluding carboxylic acids is 5. The van der Waals surface area contributed by atoms with Gasteiger partial charge in [0.15, 0.2) is 0 Å². The molecule has 0 spiro atoms. The SMILES string of the molecule is CC[C@H](C)[C@H]1C(=O)N2CCC[C@H]2C(=O)O[C@H](C(C)(C)C)C[C@@H](C)C/C=C/C2=N[C@@H](CCC(=O)N(C)[C@@H](Cc3ccc(OC)cc3)C(=O)N(C)[C@@H](C)C(=O)N1C)CS2. The second kappa shape index (κ2) is 20.2. The van der Waals surface area contributed by atoms with E-state index < -0.39 is 36.0 Å². The second-order valence-corrected chi connectivity index (χ2v) is 18.4. The van der Waals surface area contributed by atoms with Crippen molar-refractivity contribution in [2.24, 2.45) is 22.2 Å². The molecule has 4 rings (SSSR count). The lowest BCUT2D eigenvalue weighted by Crippen LogP contribution is -2.59. The minimum absolute atomic E-state index is 0.0218. The molecule has 1 saturated heterocycles. The molecule has 0 saturated carbocycles. The standard InChI is InChI=1S/C44H67N5O7S/c1-12-29(3)39-42(53)49-24-14-16-34(49)43(54)56-36(44(5,6)7)25-28(2)15-13-17-37-45-32(27-57-37)20-23-38(50)47(9)35(26-31-18-21-33(55-11)22-19-31)41(52)46(8)30(4)40(51)48(39)10/h13,17-19,21-22,28-30,32,34-36,39H,12,14-16,20,23-27H2,1-11H3/b17-13+/t28-,29-,30-,32-,34-,35-,36-,39-/m0/s1. The van der Waals surface area contributed by atoms with Crippen molar-refractivity contribution in [3.8, 4) is 5.75 Å². The predicted molar refractivity (Wildman–Crippen MR) is 226 cm³/mol. The second-order valence-electron chi connectivity index (χ2n) is 17.4. The third-order valence-electron chi connectivity index (χ3n) is 12.1. The number of cyclic esters (lactones) is 1. The number of ether oxygens (including phenoxy) is 2. The molecular formula is C44H67N5O7S. The fourth-order valence-corrected chi connectivity index (χ4v) is 8.85. The number of nitrogens with zero attached hydrogens (tertiary/aromatic N) is 5. The molecule has 3 aliphatic rings. The summed E-state index contributed by atoms with van der Waals surface area (Å²) >= 11 is 1.67. The Morgan fingerprint density at radius 3 is 2.26 bits per heavy atom. The first kappa shape index (κ1) is 45.8. The van der Waals surface area contributed by atoms with E-state index >= 15 is 0 Å². The molecule has 0 N–H and O–H groups in total. The van der Waals surface area contributed by atoms with Gasteiger partial charge in [-0.15, -0.1) is 11.8 Å². The van der Waals surface area contributed by atoms with Crippen LogP contribution in [0.1, 0.15) is 99.0 Å². The molecule has 0 aliphatic carbocycles. The quantitative estimate of drug-likeness (QED) is 0.331. The Balaban J connectivity index is 1.70. The van der Waals surface area contributed by atoms with E-state index in [4.69, 9.17) is 14.5 Å². The molecule has 1 fully saturated rings. The normalized spacial score (nSPS) is 29.4. The Morgan fingerprint density at radius 2 is 1.63 bits per heavy atom. The largest absolute Gasteiger partial charge is 0.497 e. The Kier molecular flexibility index (Phi) is 16.2. The van der Waals surface area contributed by atoms with Crippen molar-refractivity contribution < 1.29 is 33.4 Å². The highest BCUT2D eigenvalue weighted by molar-refractivity contribution is 8.14. The van der Waals surface area contributed by atoms with Gasteiger partial charge in [-0.25, -0.2) is 4.79 Å². The van der Waals surface area contributed by atoms with Crippen LogP contribution < -0.4 is 4.74 Å². The predicted octanol–water partition coefficient (Wildman–Crippen LogP) is 6.01. The van der Waals surface area contributed by atoms with Crippen LogP contribution in [0.5, 0.6) is 5.75 Å². The zero-order valence-corrected chi connectivity index (χ0v) is 37.0. The van der Waals surface area contributed by atoms with Crippen LogP contribution in [0.3, 0.4) is 0 Å². The lowest BCUT2D eigenvalue weighted by molar-refractivity contribution is -0.166. The van der Waals surface area contributed by atoms with E-state index in [0.29, 0.717) is 44.4 Å². The summed E-state index contributed by atoms with van der Waals surface area (Å²) in [6.45, 7) is 14.3. The Hall–Kier alpha value is -3.87. The maximum absolute atomic E-state index is 14.6. The number of esters is 1. The van der Waals surface area contributed by atoms with Gasteiger partial charge in [-0.05, 0) is 80.1 Å². The Labute approximate surface area is 345 Å². The molecule has 3 aliphatic heterocycles. The van der Waals surface area contributed by atoms with Crippen LogP contribution in [0.15, 0.2) is 41.4 Å². The molecule has 12 nitrogen and oxygen atoms in total. The van der Waals surface area contributed by atoms with Crippen molar-refractivity contribution in [1.29, 1.82) is 0 Å². The summed E-state index contributed by atoms with van der Waals surface area (Å²) in [6, 6.07) is 3.88. The van der Waals surface area contributed by atoms with Gasteiger partial charge in [0.25, 0.3) is 0 Å². The van der Waals surface area contributed by atoms with Gasteiger partial charge in [0.2, 0.25) is 23.6 Å². The molecule has 1 aromatic carbocycles. The van der Waals surface area contributed by atoms with Crippen molar-refractivity contribution in [3.63, 3.8) is 0 Å². The van der Waals surface area contributed by atoms with E-state index in [-0.39, 0.29) is 60.0 Å². The number of amides is 4. The van der Waals surface area contributed by atoms with Gasteiger partial charge in [0.05, 0.1) is 18.2 Å². The van der Waals surface area contributed by atoms with Crippen LogP contribution in [0.2, 0.25) is 0 Å². The number of fused-ring (bicyclic) bond motifs is 2. The van der Waals surface area contributed by atoms with Gasteiger partial charge in [-0.1, -0.05) is 66.2 Å². The lowest BCUT2D eigenvalue weighted by atomic mass is 9.83. The highest BCUT2D eigenvalue weighted by Crippen LogP contribution is 2.32. The molecule has 0 aromatic heterocycles. The van der Waals surface area contributed by atoms with Gasteiger partial charge in [-0.2, -0.15) is 0 Å². The number of likely N-dealkylation sites (N-methyl/N-ethyl adjacent to an activating group) is 3. The highest BCUT2D eigenvalue weighted by Gasteiger charge is 2.44. The van der Waals surface area contributed by atoms with Crippen LogP contribution in [0.25, 0.3) is 0 Å². The van der Waals surface area contributed by atoms with E-state index in [1.165, 1.54) is 14.7 Å². The van der Waals surface area contributed by atoms with E-state index in [0.717, 1.165) is 22.8 Å². The third-order valence-corrected chi connectivity index (χ3v) is 13.2.